The van der Waals surface area contributed by atoms with Crippen LogP contribution in [-0.4, -0.2) is 21.5 Å². The second-order valence-electron chi connectivity index (χ2n) is 4.00. The third-order valence-electron chi connectivity index (χ3n) is 2.30. The van der Waals surface area contributed by atoms with Gasteiger partial charge in [0.1, 0.15) is 0 Å². The normalized spacial score (nSPS) is 12.1. The van der Waals surface area contributed by atoms with Crippen LogP contribution in [0.4, 0.5) is 0 Å². The Bertz CT molecular complexity index is 486. The fourth-order valence-electron chi connectivity index (χ4n) is 1.29. The maximum absolute atomic E-state index is 11.6. The second-order valence-corrected chi connectivity index (χ2v) is 6.29. The molecule has 0 bridgehead atoms. The van der Waals surface area contributed by atoms with Gasteiger partial charge in [0.15, 0.2) is 0 Å². The molecule has 0 unspecified atom stereocenters. The first-order valence-electron chi connectivity index (χ1n) is 5.32. The molecule has 0 saturated heterocycles. The third-order valence-corrected chi connectivity index (χ3v) is 4.08. The largest absolute Gasteiger partial charge is 0.310 e. The van der Waals surface area contributed by atoms with Crippen molar-refractivity contribution in [1.82, 2.24) is 10.0 Å². The molecule has 4 nitrogen and oxygen atoms in total. The maximum Gasteiger partial charge on any atom is 0.240 e. The summed E-state index contributed by atoms with van der Waals surface area (Å²) in [6, 6.07) is 5.00. The van der Waals surface area contributed by atoms with Gasteiger partial charge in [-0.1, -0.05) is 25.4 Å². The van der Waals surface area contributed by atoms with Crippen molar-refractivity contribution in [2.75, 3.05) is 7.05 Å². The number of hydrogen-bond acceptors (Lipinski definition) is 3. The van der Waals surface area contributed by atoms with E-state index in [1.54, 1.807) is 12.1 Å². The second kappa shape index (κ2) is 5.82. The number of nitrogens with one attached hydrogen (secondary N) is 2. The molecule has 0 atom stereocenters. The highest BCUT2D eigenvalue weighted by atomic mass is 35.5. The molecule has 96 valence electrons. The van der Waals surface area contributed by atoms with Gasteiger partial charge in [0.25, 0.3) is 0 Å². The SMILES string of the molecule is CNS(=O)(=O)c1ccc(Cl)c(CNC(C)C)c1. The van der Waals surface area contributed by atoms with E-state index in [2.05, 4.69) is 10.0 Å². The van der Waals surface area contributed by atoms with Gasteiger partial charge in [-0.25, -0.2) is 13.1 Å². The van der Waals surface area contributed by atoms with E-state index in [1.165, 1.54) is 13.1 Å². The summed E-state index contributed by atoms with van der Waals surface area (Å²) in [7, 11) is -2.03. The molecule has 6 heteroatoms. The number of rotatable bonds is 5. The van der Waals surface area contributed by atoms with E-state index in [0.29, 0.717) is 17.6 Å². The summed E-state index contributed by atoms with van der Waals surface area (Å²) in [5.74, 6) is 0. The average molecular weight is 277 g/mol. The first-order valence-corrected chi connectivity index (χ1v) is 7.18. The van der Waals surface area contributed by atoms with Gasteiger partial charge in [-0.3, -0.25) is 0 Å². The molecule has 0 fully saturated rings. The summed E-state index contributed by atoms with van der Waals surface area (Å²) in [5.41, 5.74) is 0.775. The number of hydrogen-bond donors (Lipinski definition) is 2. The zero-order valence-electron chi connectivity index (χ0n) is 10.1. The van der Waals surface area contributed by atoms with Gasteiger partial charge in [0.2, 0.25) is 10.0 Å². The zero-order valence-corrected chi connectivity index (χ0v) is 11.7. The van der Waals surface area contributed by atoms with Crippen molar-refractivity contribution in [3.05, 3.63) is 28.8 Å². The molecular formula is C11H17ClN2O2S. The van der Waals surface area contributed by atoms with E-state index in [9.17, 15) is 8.42 Å². The molecule has 2 N–H and O–H groups in total. The Hall–Kier alpha value is -0.620. The molecule has 0 aliphatic heterocycles. The zero-order chi connectivity index (χ0) is 13.1. The van der Waals surface area contributed by atoms with Crippen molar-refractivity contribution in [2.24, 2.45) is 0 Å². The maximum atomic E-state index is 11.6. The lowest BCUT2D eigenvalue weighted by molar-refractivity contribution is 0.583. The molecular weight excluding hydrogens is 260 g/mol. The van der Waals surface area contributed by atoms with Crippen LogP contribution in [0.5, 0.6) is 0 Å². The van der Waals surface area contributed by atoms with E-state index in [4.69, 9.17) is 11.6 Å². The predicted molar refractivity (Wildman–Crippen MR) is 69.7 cm³/mol. The Morgan fingerprint density at radius 3 is 2.53 bits per heavy atom. The molecule has 1 aromatic carbocycles. The standard InChI is InChI=1S/C11H17ClN2O2S/c1-8(2)14-7-9-6-10(4-5-11(9)12)17(15,16)13-3/h4-6,8,13-14H,7H2,1-3H3. The number of benzene rings is 1. The average Bonchev–Trinajstić information content (AvgIpc) is 2.27. The van der Waals surface area contributed by atoms with E-state index < -0.39 is 10.0 Å². The Labute approximate surface area is 107 Å². The van der Waals surface area contributed by atoms with E-state index in [1.807, 2.05) is 13.8 Å². The predicted octanol–water partition coefficient (Wildman–Crippen LogP) is 1.75. The van der Waals surface area contributed by atoms with Crippen LogP contribution in [0.2, 0.25) is 5.02 Å². The van der Waals surface area contributed by atoms with E-state index >= 15 is 0 Å². The van der Waals surface area contributed by atoms with Crippen molar-refractivity contribution >= 4 is 21.6 Å². The topological polar surface area (TPSA) is 58.2 Å². The van der Waals surface area contributed by atoms with Gasteiger partial charge in [-0.05, 0) is 30.8 Å². The van der Waals surface area contributed by atoms with Crippen LogP contribution >= 0.6 is 11.6 Å². The fraction of sp³-hybridized carbons (Fsp3) is 0.455. The van der Waals surface area contributed by atoms with Gasteiger partial charge in [0, 0.05) is 17.6 Å². The smallest absolute Gasteiger partial charge is 0.240 e. The summed E-state index contributed by atoms with van der Waals surface area (Å²) in [4.78, 5) is 0.227. The molecule has 0 radical (unpaired) electrons. The molecule has 1 aromatic rings. The highest BCUT2D eigenvalue weighted by molar-refractivity contribution is 7.89. The van der Waals surface area contributed by atoms with Gasteiger partial charge in [0.05, 0.1) is 4.90 Å². The lowest BCUT2D eigenvalue weighted by atomic mass is 10.2. The molecule has 0 aliphatic rings. The van der Waals surface area contributed by atoms with Crippen molar-refractivity contribution in [2.45, 2.75) is 31.3 Å². The third kappa shape index (κ3) is 3.96. The van der Waals surface area contributed by atoms with Gasteiger partial charge >= 0.3 is 0 Å². The first-order chi connectivity index (χ1) is 7.86. The van der Waals surface area contributed by atoms with E-state index in [0.717, 1.165) is 5.56 Å². The molecule has 0 spiro atoms. The summed E-state index contributed by atoms with van der Waals surface area (Å²) < 4.78 is 25.5. The highest BCUT2D eigenvalue weighted by Crippen LogP contribution is 2.20. The van der Waals surface area contributed by atoms with Crippen molar-refractivity contribution in [3.8, 4) is 0 Å². The fourth-order valence-corrected chi connectivity index (χ4v) is 2.25. The molecule has 0 aromatic heterocycles. The molecule has 0 heterocycles. The highest BCUT2D eigenvalue weighted by Gasteiger charge is 2.13. The Morgan fingerprint density at radius 2 is 2.00 bits per heavy atom. The number of halogens is 1. The van der Waals surface area contributed by atoms with Crippen LogP contribution in [0.3, 0.4) is 0 Å². The monoisotopic (exact) mass is 276 g/mol. The van der Waals surface area contributed by atoms with Gasteiger partial charge < -0.3 is 5.32 Å². The quantitative estimate of drug-likeness (QED) is 0.861. The Balaban J connectivity index is 3.03. The summed E-state index contributed by atoms with van der Waals surface area (Å²) in [6.07, 6.45) is 0. The minimum absolute atomic E-state index is 0.227. The lowest BCUT2D eigenvalue weighted by Crippen LogP contribution is -2.23. The molecule has 0 aliphatic carbocycles. The van der Waals surface area contributed by atoms with Crippen LogP contribution in [0.1, 0.15) is 19.4 Å². The Kier molecular flexibility index (Phi) is 4.94. The van der Waals surface area contributed by atoms with Crippen molar-refractivity contribution in [1.29, 1.82) is 0 Å². The van der Waals surface area contributed by atoms with Crippen LogP contribution in [0.15, 0.2) is 23.1 Å². The molecule has 0 amide bonds. The summed E-state index contributed by atoms with van der Waals surface area (Å²) in [6.45, 7) is 4.58. The van der Waals surface area contributed by atoms with Crippen molar-refractivity contribution in [3.63, 3.8) is 0 Å². The first kappa shape index (κ1) is 14.4. The van der Waals surface area contributed by atoms with Crippen LogP contribution in [0, 0.1) is 0 Å². The lowest BCUT2D eigenvalue weighted by Gasteiger charge is -2.11. The minimum Gasteiger partial charge on any atom is -0.310 e. The van der Waals surface area contributed by atoms with E-state index in [-0.39, 0.29) is 4.90 Å². The number of sulfonamides is 1. The summed E-state index contributed by atoms with van der Waals surface area (Å²) >= 11 is 6.02. The van der Waals surface area contributed by atoms with Crippen LogP contribution < -0.4 is 10.0 Å². The van der Waals surface area contributed by atoms with Crippen LogP contribution in [0.25, 0.3) is 0 Å². The van der Waals surface area contributed by atoms with Gasteiger partial charge in [-0.15, -0.1) is 0 Å². The van der Waals surface area contributed by atoms with Crippen molar-refractivity contribution < 1.29 is 8.42 Å². The van der Waals surface area contributed by atoms with Gasteiger partial charge in [-0.2, -0.15) is 0 Å². The molecule has 1 rings (SSSR count). The summed E-state index contributed by atoms with van der Waals surface area (Å²) in [5, 5.41) is 3.76. The molecule has 0 saturated carbocycles. The van der Waals surface area contributed by atoms with Crippen LogP contribution in [-0.2, 0) is 16.6 Å². The minimum atomic E-state index is -3.41. The molecule has 17 heavy (non-hydrogen) atoms. The Morgan fingerprint density at radius 1 is 1.35 bits per heavy atom.